The van der Waals surface area contributed by atoms with Crippen LogP contribution in [0.25, 0.3) is 0 Å². The van der Waals surface area contributed by atoms with Gasteiger partial charge in [-0.2, -0.15) is 0 Å². The Kier molecular flexibility index (Phi) is 4.13. The minimum Gasteiger partial charge on any atom is -0.478 e. The van der Waals surface area contributed by atoms with Crippen molar-refractivity contribution in [3.63, 3.8) is 0 Å². The predicted octanol–water partition coefficient (Wildman–Crippen LogP) is 3.62. The minimum atomic E-state index is -0.948. The van der Waals surface area contributed by atoms with Crippen molar-refractivity contribution in [3.8, 4) is 0 Å². The number of carbonyl (C=O) groups is 1. The number of carboxylic acid groups (broad SMARTS) is 1. The van der Waals surface area contributed by atoms with Gasteiger partial charge >= 0.3 is 5.97 Å². The van der Waals surface area contributed by atoms with Crippen LogP contribution in [0.1, 0.15) is 34.4 Å². The van der Waals surface area contributed by atoms with E-state index in [2.05, 4.69) is 30.9 Å². The lowest BCUT2D eigenvalue weighted by molar-refractivity contribution is 0.0695. The average Bonchev–Trinajstić information content (AvgIpc) is 2.78. The van der Waals surface area contributed by atoms with E-state index in [-0.39, 0.29) is 5.56 Å². The Balaban J connectivity index is 2.25. The molecule has 1 aromatic heterocycles. The molecular formula is C16H19NO3. The molecular weight excluding hydrogens is 254 g/mol. The molecule has 2 aromatic rings. The lowest BCUT2D eigenvalue weighted by atomic mass is 10.1. The van der Waals surface area contributed by atoms with Gasteiger partial charge in [0.05, 0.1) is 6.54 Å². The van der Waals surface area contributed by atoms with Gasteiger partial charge in [0.15, 0.2) is 0 Å². The summed E-state index contributed by atoms with van der Waals surface area (Å²) in [5, 5.41) is 9.06. The second-order valence-electron chi connectivity index (χ2n) is 4.79. The summed E-state index contributed by atoms with van der Waals surface area (Å²) in [6, 6.07) is 9.74. The Morgan fingerprint density at radius 1 is 1.30 bits per heavy atom. The number of aromatic carboxylic acids is 1. The standard InChI is InChI=1S/C16H19NO3/c1-4-17(15-8-6-5-7-11(15)2)10-13-9-14(16(18)19)12(3)20-13/h5-9H,4,10H2,1-3H3,(H,18,19). The lowest BCUT2D eigenvalue weighted by Gasteiger charge is -2.23. The van der Waals surface area contributed by atoms with Gasteiger partial charge in [-0.05, 0) is 38.5 Å². The van der Waals surface area contributed by atoms with Crippen LogP contribution in [-0.2, 0) is 6.54 Å². The highest BCUT2D eigenvalue weighted by molar-refractivity contribution is 5.88. The number of nitrogens with zero attached hydrogens (tertiary/aromatic N) is 1. The zero-order chi connectivity index (χ0) is 14.7. The number of furan rings is 1. The number of carboxylic acids is 1. The van der Waals surface area contributed by atoms with E-state index < -0.39 is 5.97 Å². The van der Waals surface area contributed by atoms with E-state index in [4.69, 9.17) is 9.52 Å². The lowest BCUT2D eigenvalue weighted by Crippen LogP contribution is -2.22. The highest BCUT2D eigenvalue weighted by atomic mass is 16.4. The van der Waals surface area contributed by atoms with Gasteiger partial charge in [0.25, 0.3) is 0 Å². The predicted molar refractivity (Wildman–Crippen MR) is 78.3 cm³/mol. The summed E-state index contributed by atoms with van der Waals surface area (Å²) >= 11 is 0. The fourth-order valence-corrected chi connectivity index (χ4v) is 2.31. The topological polar surface area (TPSA) is 53.7 Å². The summed E-state index contributed by atoms with van der Waals surface area (Å²) < 4.78 is 5.55. The van der Waals surface area contributed by atoms with Crippen molar-refractivity contribution in [1.82, 2.24) is 0 Å². The molecule has 106 valence electrons. The third-order valence-corrected chi connectivity index (χ3v) is 3.38. The molecule has 4 nitrogen and oxygen atoms in total. The summed E-state index contributed by atoms with van der Waals surface area (Å²) in [4.78, 5) is 13.2. The van der Waals surface area contributed by atoms with Crippen molar-refractivity contribution < 1.29 is 14.3 Å². The van der Waals surface area contributed by atoms with Crippen LogP contribution in [0.5, 0.6) is 0 Å². The highest BCUT2D eigenvalue weighted by Gasteiger charge is 2.16. The molecule has 0 bridgehead atoms. The average molecular weight is 273 g/mol. The molecule has 4 heteroatoms. The quantitative estimate of drug-likeness (QED) is 0.904. The molecule has 0 amide bonds. The molecule has 1 heterocycles. The first-order valence-electron chi connectivity index (χ1n) is 6.66. The number of aryl methyl sites for hydroxylation is 2. The summed E-state index contributed by atoms with van der Waals surface area (Å²) in [5.41, 5.74) is 2.57. The first-order valence-corrected chi connectivity index (χ1v) is 6.66. The van der Waals surface area contributed by atoms with Crippen LogP contribution in [0.4, 0.5) is 5.69 Å². The minimum absolute atomic E-state index is 0.237. The first-order chi connectivity index (χ1) is 9.52. The van der Waals surface area contributed by atoms with Crippen LogP contribution in [0, 0.1) is 13.8 Å². The fourth-order valence-electron chi connectivity index (χ4n) is 2.31. The summed E-state index contributed by atoms with van der Waals surface area (Å²) in [6.45, 7) is 7.20. The van der Waals surface area contributed by atoms with E-state index in [1.165, 1.54) is 5.56 Å². The van der Waals surface area contributed by atoms with E-state index in [9.17, 15) is 4.79 Å². The molecule has 0 aliphatic carbocycles. The zero-order valence-corrected chi connectivity index (χ0v) is 12.0. The van der Waals surface area contributed by atoms with Crippen molar-refractivity contribution >= 4 is 11.7 Å². The molecule has 0 saturated carbocycles. The molecule has 2 rings (SSSR count). The monoisotopic (exact) mass is 273 g/mol. The van der Waals surface area contributed by atoms with E-state index in [1.807, 2.05) is 12.1 Å². The van der Waals surface area contributed by atoms with Crippen molar-refractivity contribution in [2.75, 3.05) is 11.4 Å². The number of hydrogen-bond donors (Lipinski definition) is 1. The van der Waals surface area contributed by atoms with E-state index in [0.29, 0.717) is 18.1 Å². The molecule has 0 aliphatic heterocycles. The van der Waals surface area contributed by atoms with Gasteiger partial charge in [-0.1, -0.05) is 18.2 Å². The Morgan fingerprint density at radius 2 is 2.00 bits per heavy atom. The van der Waals surface area contributed by atoms with Gasteiger partial charge in [-0.15, -0.1) is 0 Å². The highest BCUT2D eigenvalue weighted by Crippen LogP contribution is 2.23. The normalized spacial score (nSPS) is 10.6. The Hall–Kier alpha value is -2.23. The summed E-state index contributed by atoms with van der Waals surface area (Å²) in [5.74, 6) is 0.176. The Bertz CT molecular complexity index is 616. The van der Waals surface area contributed by atoms with Crippen molar-refractivity contribution in [2.24, 2.45) is 0 Å². The molecule has 0 aliphatic rings. The Labute approximate surface area is 118 Å². The Morgan fingerprint density at radius 3 is 2.55 bits per heavy atom. The maximum atomic E-state index is 11.0. The van der Waals surface area contributed by atoms with Crippen LogP contribution in [0.3, 0.4) is 0 Å². The van der Waals surface area contributed by atoms with Crippen LogP contribution in [0.15, 0.2) is 34.7 Å². The van der Waals surface area contributed by atoms with Gasteiger partial charge in [-0.25, -0.2) is 4.79 Å². The van der Waals surface area contributed by atoms with Gasteiger partial charge < -0.3 is 14.4 Å². The second-order valence-corrected chi connectivity index (χ2v) is 4.79. The van der Waals surface area contributed by atoms with Crippen LogP contribution >= 0.6 is 0 Å². The van der Waals surface area contributed by atoms with Gasteiger partial charge in [0, 0.05) is 12.2 Å². The van der Waals surface area contributed by atoms with Crippen molar-refractivity contribution in [1.29, 1.82) is 0 Å². The smallest absolute Gasteiger partial charge is 0.339 e. The number of rotatable bonds is 5. The SMILES string of the molecule is CCN(Cc1cc(C(=O)O)c(C)o1)c1ccccc1C. The summed E-state index contributed by atoms with van der Waals surface area (Å²) in [6.07, 6.45) is 0. The van der Waals surface area contributed by atoms with Crippen LogP contribution < -0.4 is 4.90 Å². The molecule has 0 atom stereocenters. The maximum Gasteiger partial charge on any atom is 0.339 e. The molecule has 1 aromatic carbocycles. The van der Waals surface area contributed by atoms with Crippen LogP contribution in [-0.4, -0.2) is 17.6 Å². The van der Waals surface area contributed by atoms with E-state index in [1.54, 1.807) is 13.0 Å². The van der Waals surface area contributed by atoms with Gasteiger partial charge in [-0.3, -0.25) is 0 Å². The van der Waals surface area contributed by atoms with E-state index in [0.717, 1.165) is 12.2 Å². The van der Waals surface area contributed by atoms with Crippen LogP contribution in [0.2, 0.25) is 0 Å². The molecule has 20 heavy (non-hydrogen) atoms. The van der Waals surface area contributed by atoms with Gasteiger partial charge in [0.2, 0.25) is 0 Å². The van der Waals surface area contributed by atoms with Crippen molar-refractivity contribution in [3.05, 3.63) is 53.0 Å². The number of anilines is 1. The van der Waals surface area contributed by atoms with Crippen molar-refractivity contribution in [2.45, 2.75) is 27.3 Å². The number of hydrogen-bond acceptors (Lipinski definition) is 3. The third-order valence-electron chi connectivity index (χ3n) is 3.38. The van der Waals surface area contributed by atoms with E-state index >= 15 is 0 Å². The second kappa shape index (κ2) is 5.82. The maximum absolute atomic E-state index is 11.0. The largest absolute Gasteiger partial charge is 0.478 e. The molecule has 0 radical (unpaired) electrons. The molecule has 0 fully saturated rings. The fraction of sp³-hybridized carbons (Fsp3) is 0.312. The zero-order valence-electron chi connectivity index (χ0n) is 12.0. The number of para-hydroxylation sites is 1. The molecule has 0 spiro atoms. The molecule has 1 N–H and O–H groups in total. The third kappa shape index (κ3) is 2.85. The first kappa shape index (κ1) is 14.2. The number of benzene rings is 1. The van der Waals surface area contributed by atoms with Gasteiger partial charge in [0.1, 0.15) is 17.1 Å². The molecule has 0 saturated heterocycles. The summed E-state index contributed by atoms with van der Waals surface area (Å²) in [7, 11) is 0. The molecule has 0 unspecified atom stereocenters.